The third-order valence-corrected chi connectivity index (χ3v) is 3.34. The fraction of sp³-hybridized carbons (Fsp3) is 0.400. The molecule has 1 aromatic rings. The Morgan fingerprint density at radius 2 is 2.10 bits per heavy atom. The van der Waals surface area contributed by atoms with Crippen LogP contribution in [0.4, 0.5) is 5.69 Å². The number of hydrogen-bond acceptors (Lipinski definition) is 4. The molecule has 1 aromatic carbocycles. The lowest BCUT2D eigenvalue weighted by Crippen LogP contribution is -2.37. The van der Waals surface area contributed by atoms with Crippen LogP contribution in [-0.2, 0) is 9.59 Å². The number of rotatable bonds is 4. The van der Waals surface area contributed by atoms with E-state index in [4.69, 9.17) is 5.26 Å². The molecule has 1 heterocycles. The van der Waals surface area contributed by atoms with Gasteiger partial charge >= 0.3 is 0 Å². The zero-order valence-corrected chi connectivity index (χ0v) is 11.9. The molecule has 110 valence electrons. The summed E-state index contributed by atoms with van der Waals surface area (Å²) in [6.07, 6.45) is 0.865. The zero-order valence-electron chi connectivity index (χ0n) is 11.9. The number of carbonyl (C=O) groups is 2. The second kappa shape index (κ2) is 6.86. The van der Waals surface area contributed by atoms with E-state index in [0.29, 0.717) is 24.3 Å². The van der Waals surface area contributed by atoms with E-state index in [0.717, 1.165) is 13.0 Å². The standard InChI is InChI=1S/C15H18N4O2/c1-11(20)17-14-6-7-19(9-14)10-15(21)18-13-4-2-12(8-16)3-5-13/h2-5,14H,6-7,9-10H2,1H3,(H,17,20)(H,18,21). The minimum atomic E-state index is -0.0943. The Balaban J connectivity index is 1.79. The molecule has 1 unspecified atom stereocenters. The van der Waals surface area contributed by atoms with Crippen LogP contribution in [0.15, 0.2) is 24.3 Å². The monoisotopic (exact) mass is 286 g/mol. The normalized spacial score (nSPS) is 18.0. The number of hydrogen-bond donors (Lipinski definition) is 2. The molecule has 1 aliphatic rings. The highest BCUT2D eigenvalue weighted by atomic mass is 16.2. The van der Waals surface area contributed by atoms with Crippen LogP contribution in [0.1, 0.15) is 18.9 Å². The van der Waals surface area contributed by atoms with Crippen LogP contribution < -0.4 is 10.6 Å². The molecule has 2 amide bonds. The van der Waals surface area contributed by atoms with E-state index in [2.05, 4.69) is 10.6 Å². The van der Waals surface area contributed by atoms with E-state index in [1.165, 1.54) is 6.92 Å². The topological polar surface area (TPSA) is 85.2 Å². The second-order valence-corrected chi connectivity index (χ2v) is 5.16. The molecule has 0 radical (unpaired) electrons. The van der Waals surface area contributed by atoms with Gasteiger partial charge in [-0.05, 0) is 30.7 Å². The van der Waals surface area contributed by atoms with Crippen molar-refractivity contribution in [2.45, 2.75) is 19.4 Å². The average Bonchev–Trinajstić information content (AvgIpc) is 2.85. The van der Waals surface area contributed by atoms with Gasteiger partial charge in [-0.15, -0.1) is 0 Å². The summed E-state index contributed by atoms with van der Waals surface area (Å²) in [5.74, 6) is -0.132. The predicted molar refractivity (Wildman–Crippen MR) is 78.4 cm³/mol. The Kier molecular flexibility index (Phi) is 4.90. The van der Waals surface area contributed by atoms with Crippen LogP contribution in [0.2, 0.25) is 0 Å². The van der Waals surface area contributed by atoms with Gasteiger partial charge in [-0.1, -0.05) is 0 Å². The SMILES string of the molecule is CC(=O)NC1CCN(CC(=O)Nc2ccc(C#N)cc2)C1. The lowest BCUT2D eigenvalue weighted by Gasteiger charge is -2.16. The molecule has 0 saturated carbocycles. The van der Waals surface area contributed by atoms with Crippen LogP contribution in [0.5, 0.6) is 0 Å². The predicted octanol–water partition coefficient (Wildman–Crippen LogP) is 0.707. The average molecular weight is 286 g/mol. The molecule has 2 N–H and O–H groups in total. The van der Waals surface area contributed by atoms with E-state index >= 15 is 0 Å². The third kappa shape index (κ3) is 4.58. The van der Waals surface area contributed by atoms with Crippen LogP contribution in [0.3, 0.4) is 0 Å². The van der Waals surface area contributed by atoms with Gasteiger partial charge in [0.2, 0.25) is 11.8 Å². The largest absolute Gasteiger partial charge is 0.352 e. The molecule has 0 aromatic heterocycles. The third-order valence-electron chi connectivity index (χ3n) is 3.34. The smallest absolute Gasteiger partial charge is 0.238 e. The van der Waals surface area contributed by atoms with E-state index in [-0.39, 0.29) is 17.9 Å². The molecule has 1 aliphatic heterocycles. The van der Waals surface area contributed by atoms with Crippen molar-refractivity contribution in [1.29, 1.82) is 5.26 Å². The van der Waals surface area contributed by atoms with Crippen molar-refractivity contribution in [2.75, 3.05) is 25.0 Å². The Bertz CT molecular complexity index is 562. The Morgan fingerprint density at radius 3 is 2.71 bits per heavy atom. The molecular formula is C15H18N4O2. The first-order valence-electron chi connectivity index (χ1n) is 6.86. The molecule has 0 bridgehead atoms. The molecule has 0 aliphatic carbocycles. The Hall–Kier alpha value is -2.39. The van der Waals surface area contributed by atoms with Crippen LogP contribution in [0, 0.1) is 11.3 Å². The number of nitriles is 1. The highest BCUT2D eigenvalue weighted by molar-refractivity contribution is 5.92. The number of nitrogens with one attached hydrogen (secondary N) is 2. The summed E-state index contributed by atoms with van der Waals surface area (Å²) in [7, 11) is 0. The molecule has 1 fully saturated rings. The first-order chi connectivity index (χ1) is 10.1. The first kappa shape index (κ1) is 15.0. The van der Waals surface area contributed by atoms with E-state index in [9.17, 15) is 9.59 Å². The fourth-order valence-electron chi connectivity index (χ4n) is 2.41. The van der Waals surface area contributed by atoms with Crippen LogP contribution >= 0.6 is 0 Å². The van der Waals surface area contributed by atoms with Gasteiger partial charge in [0.05, 0.1) is 18.2 Å². The maximum atomic E-state index is 11.9. The molecule has 6 nitrogen and oxygen atoms in total. The summed E-state index contributed by atoms with van der Waals surface area (Å²) in [6.45, 7) is 3.29. The van der Waals surface area contributed by atoms with Gasteiger partial charge in [0.25, 0.3) is 0 Å². The maximum absolute atomic E-state index is 11.9. The zero-order chi connectivity index (χ0) is 15.2. The van der Waals surface area contributed by atoms with Gasteiger partial charge in [0.1, 0.15) is 0 Å². The molecule has 21 heavy (non-hydrogen) atoms. The number of benzene rings is 1. The highest BCUT2D eigenvalue weighted by Gasteiger charge is 2.24. The lowest BCUT2D eigenvalue weighted by atomic mass is 10.2. The summed E-state index contributed by atoms with van der Waals surface area (Å²) in [5, 5.41) is 14.4. The second-order valence-electron chi connectivity index (χ2n) is 5.16. The summed E-state index contributed by atoms with van der Waals surface area (Å²) in [6, 6.07) is 8.91. The van der Waals surface area contributed by atoms with Crippen molar-refractivity contribution >= 4 is 17.5 Å². The van der Waals surface area contributed by atoms with Crippen molar-refractivity contribution < 1.29 is 9.59 Å². The highest BCUT2D eigenvalue weighted by Crippen LogP contribution is 2.11. The molecule has 1 saturated heterocycles. The number of anilines is 1. The van der Waals surface area contributed by atoms with Crippen molar-refractivity contribution in [1.82, 2.24) is 10.2 Å². The molecule has 1 atom stereocenters. The number of carbonyl (C=O) groups excluding carboxylic acids is 2. The van der Waals surface area contributed by atoms with Crippen LogP contribution in [0.25, 0.3) is 0 Å². The van der Waals surface area contributed by atoms with Gasteiger partial charge < -0.3 is 10.6 Å². The van der Waals surface area contributed by atoms with Crippen molar-refractivity contribution in [3.05, 3.63) is 29.8 Å². The molecule has 0 spiro atoms. The Morgan fingerprint density at radius 1 is 1.38 bits per heavy atom. The minimum Gasteiger partial charge on any atom is -0.352 e. The van der Waals surface area contributed by atoms with E-state index in [1.807, 2.05) is 11.0 Å². The van der Waals surface area contributed by atoms with Gasteiger partial charge in [-0.25, -0.2) is 0 Å². The van der Waals surface area contributed by atoms with Gasteiger partial charge in [0, 0.05) is 31.7 Å². The number of nitrogens with zero attached hydrogens (tertiary/aromatic N) is 2. The fourth-order valence-corrected chi connectivity index (χ4v) is 2.41. The van der Waals surface area contributed by atoms with Crippen molar-refractivity contribution in [2.24, 2.45) is 0 Å². The summed E-state index contributed by atoms with van der Waals surface area (Å²) < 4.78 is 0. The molecule has 2 rings (SSSR count). The van der Waals surface area contributed by atoms with Crippen molar-refractivity contribution in [3.8, 4) is 6.07 Å². The van der Waals surface area contributed by atoms with Crippen LogP contribution in [-0.4, -0.2) is 42.4 Å². The summed E-state index contributed by atoms with van der Waals surface area (Å²) in [5.41, 5.74) is 1.24. The maximum Gasteiger partial charge on any atom is 0.238 e. The van der Waals surface area contributed by atoms with E-state index in [1.54, 1.807) is 24.3 Å². The number of likely N-dealkylation sites (tertiary alicyclic amines) is 1. The van der Waals surface area contributed by atoms with E-state index < -0.39 is 0 Å². The number of amides is 2. The minimum absolute atomic E-state index is 0.0381. The summed E-state index contributed by atoms with van der Waals surface area (Å²) in [4.78, 5) is 25.0. The van der Waals surface area contributed by atoms with Gasteiger partial charge in [0.15, 0.2) is 0 Å². The Labute approximate surface area is 123 Å². The quantitative estimate of drug-likeness (QED) is 0.853. The first-order valence-corrected chi connectivity index (χ1v) is 6.86. The van der Waals surface area contributed by atoms with Gasteiger partial charge in [-0.3, -0.25) is 14.5 Å². The lowest BCUT2D eigenvalue weighted by molar-refractivity contribution is -0.119. The molecule has 6 heteroatoms. The summed E-state index contributed by atoms with van der Waals surface area (Å²) >= 11 is 0. The molecular weight excluding hydrogens is 268 g/mol. The van der Waals surface area contributed by atoms with Gasteiger partial charge in [-0.2, -0.15) is 5.26 Å². The van der Waals surface area contributed by atoms with Crippen molar-refractivity contribution in [3.63, 3.8) is 0 Å².